The number of hydrogen-bond acceptors (Lipinski definition) is 1. The fourth-order valence-electron chi connectivity index (χ4n) is 1.17. The van der Waals surface area contributed by atoms with Crippen LogP contribution in [0.1, 0.15) is 24.2 Å². The van der Waals surface area contributed by atoms with Crippen molar-refractivity contribution >= 4 is 17.5 Å². The Bertz CT molecular complexity index is 368. The van der Waals surface area contributed by atoms with Crippen molar-refractivity contribution in [1.82, 2.24) is 5.32 Å². The van der Waals surface area contributed by atoms with Crippen LogP contribution in [0.4, 0.5) is 4.39 Å². The molecule has 1 atom stereocenters. The lowest BCUT2D eigenvalue weighted by atomic mass is 10.1. The molecule has 0 bridgehead atoms. The molecule has 16 heavy (non-hydrogen) atoms. The molecule has 0 saturated carbocycles. The predicted octanol–water partition coefficient (Wildman–Crippen LogP) is 2.82. The van der Waals surface area contributed by atoms with Crippen molar-refractivity contribution in [3.8, 4) is 0 Å². The van der Waals surface area contributed by atoms with Gasteiger partial charge in [0.15, 0.2) is 0 Å². The highest BCUT2D eigenvalue weighted by atomic mass is 35.5. The Morgan fingerprint density at radius 1 is 1.44 bits per heavy atom. The summed E-state index contributed by atoms with van der Waals surface area (Å²) < 4.78 is 13.2. The van der Waals surface area contributed by atoms with Gasteiger partial charge in [0.1, 0.15) is 5.82 Å². The SMILES string of the molecule is CC(C)C(Cl)CNC(=O)c1ccccc1F. The molecule has 0 saturated heterocycles. The Labute approximate surface area is 99.8 Å². The first-order valence-electron chi connectivity index (χ1n) is 5.19. The van der Waals surface area contributed by atoms with E-state index in [4.69, 9.17) is 11.6 Å². The molecule has 0 spiro atoms. The van der Waals surface area contributed by atoms with Gasteiger partial charge in [0.05, 0.1) is 10.9 Å². The summed E-state index contributed by atoms with van der Waals surface area (Å²) in [5, 5.41) is 2.47. The molecule has 0 fully saturated rings. The molecule has 1 unspecified atom stereocenters. The van der Waals surface area contributed by atoms with Gasteiger partial charge in [-0.25, -0.2) is 4.39 Å². The molecule has 0 heterocycles. The summed E-state index contributed by atoms with van der Waals surface area (Å²) >= 11 is 5.98. The highest BCUT2D eigenvalue weighted by Gasteiger charge is 2.14. The zero-order valence-corrected chi connectivity index (χ0v) is 10.1. The number of benzene rings is 1. The predicted molar refractivity (Wildman–Crippen MR) is 63.2 cm³/mol. The Morgan fingerprint density at radius 2 is 2.06 bits per heavy atom. The van der Waals surface area contributed by atoms with Gasteiger partial charge in [-0.3, -0.25) is 4.79 Å². The van der Waals surface area contributed by atoms with Crippen molar-refractivity contribution in [2.45, 2.75) is 19.2 Å². The van der Waals surface area contributed by atoms with E-state index in [0.717, 1.165) is 0 Å². The average Bonchev–Trinajstić information content (AvgIpc) is 2.25. The molecule has 1 aromatic carbocycles. The van der Waals surface area contributed by atoms with E-state index in [0.29, 0.717) is 6.54 Å². The van der Waals surface area contributed by atoms with Gasteiger partial charge in [-0.1, -0.05) is 26.0 Å². The van der Waals surface area contributed by atoms with E-state index in [2.05, 4.69) is 5.32 Å². The van der Waals surface area contributed by atoms with Crippen LogP contribution in [0.5, 0.6) is 0 Å². The van der Waals surface area contributed by atoms with Crippen molar-refractivity contribution in [2.75, 3.05) is 6.54 Å². The van der Waals surface area contributed by atoms with E-state index < -0.39 is 11.7 Å². The van der Waals surface area contributed by atoms with Gasteiger partial charge in [-0.2, -0.15) is 0 Å². The van der Waals surface area contributed by atoms with Gasteiger partial charge in [-0.05, 0) is 18.1 Å². The van der Waals surface area contributed by atoms with Gasteiger partial charge >= 0.3 is 0 Å². The topological polar surface area (TPSA) is 29.1 Å². The minimum atomic E-state index is -0.518. The van der Waals surface area contributed by atoms with Crippen molar-refractivity contribution < 1.29 is 9.18 Å². The lowest BCUT2D eigenvalue weighted by molar-refractivity contribution is 0.0948. The molecular formula is C12H15ClFNO. The van der Waals surface area contributed by atoms with Crippen LogP contribution in [-0.4, -0.2) is 17.8 Å². The minimum Gasteiger partial charge on any atom is -0.350 e. The zero-order chi connectivity index (χ0) is 12.1. The summed E-state index contributed by atoms with van der Waals surface area (Å²) in [7, 11) is 0. The second-order valence-corrected chi connectivity index (χ2v) is 4.51. The maximum absolute atomic E-state index is 13.2. The molecule has 1 rings (SSSR count). The van der Waals surface area contributed by atoms with E-state index in [9.17, 15) is 9.18 Å². The average molecular weight is 244 g/mol. The van der Waals surface area contributed by atoms with E-state index >= 15 is 0 Å². The Morgan fingerprint density at radius 3 is 2.62 bits per heavy atom. The van der Waals surface area contributed by atoms with Crippen LogP contribution in [0, 0.1) is 11.7 Å². The van der Waals surface area contributed by atoms with Crippen LogP contribution in [0.2, 0.25) is 0 Å². The molecular weight excluding hydrogens is 229 g/mol. The van der Waals surface area contributed by atoms with Crippen LogP contribution in [0.25, 0.3) is 0 Å². The number of carbonyl (C=O) groups excluding carboxylic acids is 1. The van der Waals surface area contributed by atoms with Crippen molar-refractivity contribution in [3.05, 3.63) is 35.6 Å². The number of rotatable bonds is 4. The van der Waals surface area contributed by atoms with Crippen LogP contribution in [0.15, 0.2) is 24.3 Å². The quantitative estimate of drug-likeness (QED) is 0.810. The molecule has 4 heteroatoms. The third-order valence-corrected chi connectivity index (χ3v) is 2.96. The van der Waals surface area contributed by atoms with Crippen LogP contribution < -0.4 is 5.32 Å². The Balaban J connectivity index is 2.57. The summed E-state index contributed by atoms with van der Waals surface area (Å²) in [5.41, 5.74) is 0.0510. The van der Waals surface area contributed by atoms with E-state index in [1.165, 1.54) is 12.1 Å². The van der Waals surface area contributed by atoms with Gasteiger partial charge < -0.3 is 5.32 Å². The van der Waals surface area contributed by atoms with Gasteiger partial charge in [-0.15, -0.1) is 11.6 Å². The van der Waals surface area contributed by atoms with Crippen LogP contribution in [0.3, 0.4) is 0 Å². The number of halogens is 2. The van der Waals surface area contributed by atoms with Gasteiger partial charge in [0.25, 0.3) is 5.91 Å². The van der Waals surface area contributed by atoms with E-state index in [1.54, 1.807) is 12.1 Å². The van der Waals surface area contributed by atoms with E-state index in [-0.39, 0.29) is 16.9 Å². The highest BCUT2D eigenvalue weighted by Crippen LogP contribution is 2.09. The minimum absolute atomic E-state index is 0.0510. The number of carbonyl (C=O) groups is 1. The molecule has 2 nitrogen and oxygen atoms in total. The summed E-state index contributed by atoms with van der Waals surface area (Å²) in [6.07, 6.45) is 0. The number of nitrogens with one attached hydrogen (secondary N) is 1. The first-order valence-corrected chi connectivity index (χ1v) is 5.62. The number of alkyl halides is 1. The number of amides is 1. The monoisotopic (exact) mass is 243 g/mol. The molecule has 0 radical (unpaired) electrons. The number of hydrogen-bond donors (Lipinski definition) is 1. The molecule has 1 aromatic rings. The molecule has 0 aliphatic rings. The fraction of sp³-hybridized carbons (Fsp3) is 0.417. The molecule has 1 N–H and O–H groups in total. The summed E-state index contributed by atoms with van der Waals surface area (Å²) in [5.74, 6) is -0.678. The summed E-state index contributed by atoms with van der Waals surface area (Å²) in [6.45, 7) is 4.27. The van der Waals surface area contributed by atoms with Gasteiger partial charge in [0.2, 0.25) is 0 Å². The molecule has 0 aliphatic carbocycles. The molecule has 88 valence electrons. The largest absolute Gasteiger partial charge is 0.350 e. The second kappa shape index (κ2) is 5.85. The molecule has 0 aliphatic heterocycles. The third-order valence-electron chi connectivity index (χ3n) is 2.30. The van der Waals surface area contributed by atoms with Crippen molar-refractivity contribution in [2.24, 2.45) is 5.92 Å². The van der Waals surface area contributed by atoms with Gasteiger partial charge in [0, 0.05) is 6.54 Å². The standard InChI is InChI=1S/C12H15ClFNO/c1-8(2)10(13)7-15-12(16)9-5-3-4-6-11(9)14/h3-6,8,10H,7H2,1-2H3,(H,15,16). The van der Waals surface area contributed by atoms with Crippen molar-refractivity contribution in [1.29, 1.82) is 0 Å². The second-order valence-electron chi connectivity index (χ2n) is 3.95. The first-order chi connectivity index (χ1) is 7.52. The smallest absolute Gasteiger partial charge is 0.254 e. The third kappa shape index (κ3) is 3.49. The highest BCUT2D eigenvalue weighted by molar-refractivity contribution is 6.21. The van der Waals surface area contributed by atoms with Crippen molar-refractivity contribution in [3.63, 3.8) is 0 Å². The first kappa shape index (κ1) is 13.0. The maximum Gasteiger partial charge on any atom is 0.254 e. The van der Waals surface area contributed by atoms with E-state index in [1.807, 2.05) is 13.8 Å². The molecule has 0 aromatic heterocycles. The Kier molecular flexibility index (Phi) is 4.74. The lowest BCUT2D eigenvalue weighted by Gasteiger charge is -2.14. The molecule has 1 amide bonds. The normalized spacial score (nSPS) is 12.6. The fourth-order valence-corrected chi connectivity index (χ4v) is 1.24. The Hall–Kier alpha value is -1.09. The zero-order valence-electron chi connectivity index (χ0n) is 9.34. The lowest BCUT2D eigenvalue weighted by Crippen LogP contribution is -2.32. The summed E-state index contributed by atoms with van der Waals surface area (Å²) in [4.78, 5) is 11.6. The van der Waals surface area contributed by atoms with Crippen LogP contribution >= 0.6 is 11.6 Å². The van der Waals surface area contributed by atoms with Crippen LogP contribution in [-0.2, 0) is 0 Å². The maximum atomic E-state index is 13.2. The summed E-state index contributed by atoms with van der Waals surface area (Å²) in [6, 6.07) is 5.88.